The summed E-state index contributed by atoms with van der Waals surface area (Å²) in [6, 6.07) is 9.15. The lowest BCUT2D eigenvalue weighted by Gasteiger charge is -2.21. The molecule has 0 N–H and O–H groups in total. The standard InChI is InChI=1S/C13H13N3O/c1-10(6-14)8-16(2)13-4-3-11(9-17)5-12(13)7-15/h3-5,9-10H,8H2,1-2H3. The zero-order valence-corrected chi connectivity index (χ0v) is 9.84. The normalized spacial score (nSPS) is 11.1. The predicted molar refractivity (Wildman–Crippen MR) is 64.6 cm³/mol. The molecule has 0 fully saturated rings. The number of anilines is 1. The minimum Gasteiger partial charge on any atom is -0.372 e. The molecule has 0 aliphatic carbocycles. The quantitative estimate of drug-likeness (QED) is 0.737. The first-order valence-corrected chi connectivity index (χ1v) is 5.22. The van der Waals surface area contributed by atoms with Crippen molar-refractivity contribution in [3.05, 3.63) is 29.3 Å². The zero-order valence-electron chi connectivity index (χ0n) is 9.84. The van der Waals surface area contributed by atoms with Gasteiger partial charge in [0.15, 0.2) is 0 Å². The smallest absolute Gasteiger partial charge is 0.150 e. The molecule has 1 aromatic carbocycles. The van der Waals surface area contributed by atoms with Crippen LogP contribution in [0.3, 0.4) is 0 Å². The van der Waals surface area contributed by atoms with Crippen molar-refractivity contribution in [2.24, 2.45) is 5.92 Å². The molecule has 0 saturated heterocycles. The zero-order chi connectivity index (χ0) is 12.8. The molecule has 4 nitrogen and oxygen atoms in total. The molecule has 0 aromatic heterocycles. The number of carbonyl (C=O) groups is 1. The van der Waals surface area contributed by atoms with E-state index in [1.54, 1.807) is 18.2 Å². The van der Waals surface area contributed by atoms with Crippen molar-refractivity contribution in [1.29, 1.82) is 10.5 Å². The number of benzene rings is 1. The van der Waals surface area contributed by atoms with Gasteiger partial charge in [-0.05, 0) is 25.1 Å². The number of nitriles is 2. The molecule has 0 aliphatic rings. The molecule has 0 aliphatic heterocycles. The lowest BCUT2D eigenvalue weighted by Crippen LogP contribution is -2.24. The molecular formula is C13H13N3O. The molecule has 0 spiro atoms. The lowest BCUT2D eigenvalue weighted by atomic mass is 10.1. The highest BCUT2D eigenvalue weighted by atomic mass is 16.1. The van der Waals surface area contributed by atoms with E-state index in [2.05, 4.69) is 12.1 Å². The van der Waals surface area contributed by atoms with Gasteiger partial charge in [-0.3, -0.25) is 4.79 Å². The summed E-state index contributed by atoms with van der Waals surface area (Å²) in [5.41, 5.74) is 1.66. The molecule has 4 heteroatoms. The molecule has 1 atom stereocenters. The first kappa shape index (κ1) is 12.7. The highest BCUT2D eigenvalue weighted by Crippen LogP contribution is 2.20. The molecule has 0 amide bonds. The molecule has 0 saturated carbocycles. The Labute approximate surface area is 101 Å². The van der Waals surface area contributed by atoms with Crippen LogP contribution in [-0.4, -0.2) is 19.9 Å². The topological polar surface area (TPSA) is 67.9 Å². The van der Waals surface area contributed by atoms with Crippen LogP contribution >= 0.6 is 0 Å². The van der Waals surface area contributed by atoms with Gasteiger partial charge in [0.1, 0.15) is 12.4 Å². The number of hydrogen-bond donors (Lipinski definition) is 0. The van der Waals surface area contributed by atoms with Crippen LogP contribution in [0.15, 0.2) is 18.2 Å². The number of nitrogens with zero attached hydrogens (tertiary/aromatic N) is 3. The van der Waals surface area contributed by atoms with Crippen LogP contribution in [0.2, 0.25) is 0 Å². The molecule has 0 bridgehead atoms. The van der Waals surface area contributed by atoms with Crippen LogP contribution in [0.1, 0.15) is 22.8 Å². The molecule has 1 rings (SSSR count). The SMILES string of the molecule is CC(C#N)CN(C)c1ccc(C=O)cc1C#N. The van der Waals surface area contributed by atoms with Crippen molar-refractivity contribution >= 4 is 12.0 Å². The Hall–Kier alpha value is -2.33. The van der Waals surface area contributed by atoms with Gasteiger partial charge in [0.2, 0.25) is 0 Å². The third-order valence-electron chi connectivity index (χ3n) is 2.46. The van der Waals surface area contributed by atoms with E-state index in [1.807, 2.05) is 18.9 Å². The first-order valence-electron chi connectivity index (χ1n) is 5.22. The van der Waals surface area contributed by atoms with Gasteiger partial charge in [-0.25, -0.2) is 0 Å². The van der Waals surface area contributed by atoms with E-state index < -0.39 is 0 Å². The summed E-state index contributed by atoms with van der Waals surface area (Å²) in [5, 5.41) is 17.8. The number of rotatable bonds is 4. The molecule has 86 valence electrons. The van der Waals surface area contributed by atoms with E-state index in [4.69, 9.17) is 10.5 Å². The van der Waals surface area contributed by atoms with Crippen LogP contribution in [0, 0.1) is 28.6 Å². The van der Waals surface area contributed by atoms with Crippen LogP contribution in [0.5, 0.6) is 0 Å². The fourth-order valence-corrected chi connectivity index (χ4v) is 1.60. The van der Waals surface area contributed by atoms with Crippen LogP contribution in [0.4, 0.5) is 5.69 Å². The van der Waals surface area contributed by atoms with Crippen LogP contribution < -0.4 is 4.90 Å². The largest absolute Gasteiger partial charge is 0.372 e. The Kier molecular flexibility index (Phi) is 4.25. The number of aldehydes is 1. The summed E-state index contributed by atoms with van der Waals surface area (Å²) in [6.45, 7) is 2.37. The maximum atomic E-state index is 10.6. The highest BCUT2D eigenvalue weighted by molar-refractivity contribution is 5.78. The van der Waals surface area contributed by atoms with Crippen LogP contribution in [0.25, 0.3) is 0 Å². The van der Waals surface area contributed by atoms with Gasteiger partial charge >= 0.3 is 0 Å². The van der Waals surface area contributed by atoms with Crippen molar-refractivity contribution in [3.8, 4) is 12.1 Å². The third kappa shape index (κ3) is 3.06. The Bertz CT molecular complexity index is 496. The maximum absolute atomic E-state index is 10.6. The minimum atomic E-state index is -0.114. The summed E-state index contributed by atoms with van der Waals surface area (Å²) < 4.78 is 0. The van der Waals surface area contributed by atoms with Gasteiger partial charge in [-0.2, -0.15) is 10.5 Å². The second-order valence-corrected chi connectivity index (χ2v) is 3.92. The average Bonchev–Trinajstić information content (AvgIpc) is 2.37. The molecular weight excluding hydrogens is 214 g/mol. The Morgan fingerprint density at radius 3 is 2.71 bits per heavy atom. The Morgan fingerprint density at radius 1 is 1.47 bits per heavy atom. The van der Waals surface area contributed by atoms with E-state index in [0.717, 1.165) is 5.69 Å². The second-order valence-electron chi connectivity index (χ2n) is 3.92. The minimum absolute atomic E-state index is 0.114. The van der Waals surface area contributed by atoms with Crippen molar-refractivity contribution in [2.45, 2.75) is 6.92 Å². The van der Waals surface area contributed by atoms with Gasteiger partial charge in [0, 0.05) is 19.2 Å². The molecule has 17 heavy (non-hydrogen) atoms. The van der Waals surface area contributed by atoms with E-state index >= 15 is 0 Å². The number of hydrogen-bond acceptors (Lipinski definition) is 4. The van der Waals surface area contributed by atoms with E-state index in [9.17, 15) is 4.79 Å². The average molecular weight is 227 g/mol. The first-order chi connectivity index (χ1) is 8.12. The fraction of sp³-hybridized carbons (Fsp3) is 0.308. The van der Waals surface area contributed by atoms with Crippen molar-refractivity contribution in [2.75, 3.05) is 18.5 Å². The van der Waals surface area contributed by atoms with E-state index in [0.29, 0.717) is 24.0 Å². The molecule has 0 heterocycles. The van der Waals surface area contributed by atoms with Gasteiger partial charge in [0.25, 0.3) is 0 Å². The van der Waals surface area contributed by atoms with Gasteiger partial charge in [-0.15, -0.1) is 0 Å². The predicted octanol–water partition coefficient (Wildman–Crippen LogP) is 1.97. The maximum Gasteiger partial charge on any atom is 0.150 e. The van der Waals surface area contributed by atoms with Crippen molar-refractivity contribution in [1.82, 2.24) is 0 Å². The molecule has 0 radical (unpaired) electrons. The Morgan fingerprint density at radius 2 is 2.18 bits per heavy atom. The Balaban J connectivity index is 3.02. The van der Waals surface area contributed by atoms with Crippen LogP contribution in [-0.2, 0) is 0 Å². The highest BCUT2D eigenvalue weighted by Gasteiger charge is 2.10. The monoisotopic (exact) mass is 227 g/mol. The summed E-state index contributed by atoms with van der Waals surface area (Å²) in [7, 11) is 1.82. The summed E-state index contributed by atoms with van der Waals surface area (Å²) >= 11 is 0. The lowest BCUT2D eigenvalue weighted by molar-refractivity contribution is 0.112. The number of carbonyl (C=O) groups excluding carboxylic acids is 1. The van der Waals surface area contributed by atoms with Gasteiger partial charge in [-0.1, -0.05) is 0 Å². The van der Waals surface area contributed by atoms with Crippen molar-refractivity contribution < 1.29 is 4.79 Å². The summed E-state index contributed by atoms with van der Waals surface area (Å²) in [6.07, 6.45) is 0.711. The molecule has 1 unspecified atom stereocenters. The van der Waals surface area contributed by atoms with E-state index in [1.165, 1.54) is 0 Å². The second kappa shape index (κ2) is 5.67. The summed E-state index contributed by atoms with van der Waals surface area (Å²) in [5.74, 6) is -0.114. The fourth-order valence-electron chi connectivity index (χ4n) is 1.60. The van der Waals surface area contributed by atoms with E-state index in [-0.39, 0.29) is 5.92 Å². The van der Waals surface area contributed by atoms with Gasteiger partial charge in [0.05, 0.1) is 23.2 Å². The molecule has 1 aromatic rings. The van der Waals surface area contributed by atoms with Crippen molar-refractivity contribution in [3.63, 3.8) is 0 Å². The third-order valence-corrected chi connectivity index (χ3v) is 2.46. The summed E-state index contributed by atoms with van der Waals surface area (Å²) in [4.78, 5) is 12.5. The van der Waals surface area contributed by atoms with Gasteiger partial charge < -0.3 is 4.90 Å².